The number of hydrogen-bond donors (Lipinski definition) is 2. The first-order chi connectivity index (χ1) is 9.88. The summed E-state index contributed by atoms with van der Waals surface area (Å²) in [7, 11) is -3.67. The number of hydrogen-bond acceptors (Lipinski definition) is 5. The number of non-ortho nitro benzene ring substituents is 1. The Morgan fingerprint density at radius 3 is 2.52 bits per heavy atom. The van der Waals surface area contributed by atoms with Crippen molar-refractivity contribution >= 4 is 15.7 Å². The van der Waals surface area contributed by atoms with E-state index in [0.29, 0.717) is 6.42 Å². The summed E-state index contributed by atoms with van der Waals surface area (Å²) in [5.74, 6) is 0.126. The van der Waals surface area contributed by atoms with E-state index in [1.807, 2.05) is 0 Å². The number of aliphatic hydroxyl groups is 1. The van der Waals surface area contributed by atoms with Gasteiger partial charge in [0.2, 0.25) is 10.0 Å². The Bertz CT molecular complexity index is 599. The van der Waals surface area contributed by atoms with Crippen molar-refractivity contribution in [3.05, 3.63) is 34.4 Å². The highest BCUT2D eigenvalue weighted by Crippen LogP contribution is 2.24. The minimum Gasteiger partial charge on any atom is -0.393 e. The summed E-state index contributed by atoms with van der Waals surface area (Å²) in [6.07, 6.45) is 2.80. The first kappa shape index (κ1) is 15.9. The molecule has 1 aromatic rings. The molecule has 0 aromatic heterocycles. The molecule has 2 N–H and O–H groups in total. The zero-order chi connectivity index (χ0) is 15.5. The van der Waals surface area contributed by atoms with Gasteiger partial charge in [0.25, 0.3) is 5.69 Å². The fourth-order valence-corrected chi connectivity index (χ4v) is 3.62. The van der Waals surface area contributed by atoms with Crippen molar-refractivity contribution in [3.8, 4) is 0 Å². The van der Waals surface area contributed by atoms with Crippen molar-refractivity contribution in [1.29, 1.82) is 0 Å². The number of nitrogens with zero attached hydrogens (tertiary/aromatic N) is 1. The third-order valence-corrected chi connectivity index (χ3v) is 5.11. The first-order valence-corrected chi connectivity index (χ1v) is 8.29. The minimum absolute atomic E-state index is 0.00413. The summed E-state index contributed by atoms with van der Waals surface area (Å²) in [4.78, 5) is 9.97. The lowest BCUT2D eigenvalue weighted by Crippen LogP contribution is -2.33. The van der Waals surface area contributed by atoms with Gasteiger partial charge >= 0.3 is 0 Å². The van der Waals surface area contributed by atoms with Gasteiger partial charge < -0.3 is 5.11 Å². The Morgan fingerprint density at radius 1 is 1.29 bits per heavy atom. The van der Waals surface area contributed by atoms with E-state index in [4.69, 9.17) is 0 Å². The molecule has 7 nitrogen and oxygen atoms in total. The molecule has 21 heavy (non-hydrogen) atoms. The molecular weight excluding hydrogens is 296 g/mol. The van der Waals surface area contributed by atoms with Crippen molar-refractivity contribution in [2.45, 2.75) is 36.7 Å². The van der Waals surface area contributed by atoms with Crippen molar-refractivity contribution in [3.63, 3.8) is 0 Å². The van der Waals surface area contributed by atoms with Gasteiger partial charge in [-0.25, -0.2) is 13.1 Å². The molecule has 0 spiro atoms. The Balaban J connectivity index is 1.99. The number of nitro benzene ring substituents is 1. The van der Waals surface area contributed by atoms with Crippen LogP contribution in [0, 0.1) is 16.0 Å². The molecule has 1 fully saturated rings. The third-order valence-electron chi connectivity index (χ3n) is 3.67. The van der Waals surface area contributed by atoms with Crippen LogP contribution in [0.3, 0.4) is 0 Å². The summed E-state index contributed by atoms with van der Waals surface area (Å²) in [5.41, 5.74) is -0.149. The summed E-state index contributed by atoms with van der Waals surface area (Å²) in [6.45, 7) is 0.274. The van der Waals surface area contributed by atoms with Crippen molar-refractivity contribution in [2.24, 2.45) is 5.92 Å². The summed E-state index contributed by atoms with van der Waals surface area (Å²) >= 11 is 0. The average molecular weight is 314 g/mol. The molecule has 0 amide bonds. The molecule has 0 saturated heterocycles. The highest BCUT2D eigenvalue weighted by molar-refractivity contribution is 7.89. The Labute approximate surface area is 123 Å². The van der Waals surface area contributed by atoms with Gasteiger partial charge in [0.15, 0.2) is 0 Å². The summed E-state index contributed by atoms with van der Waals surface area (Å²) in [6, 6.07) is 4.77. The van der Waals surface area contributed by atoms with Crippen LogP contribution in [0.4, 0.5) is 5.69 Å². The van der Waals surface area contributed by atoms with E-state index in [0.717, 1.165) is 19.3 Å². The molecule has 2 rings (SSSR count). The largest absolute Gasteiger partial charge is 0.393 e. The predicted octanol–water partition coefficient (Wildman–Crippen LogP) is 1.42. The Hall–Kier alpha value is -1.51. The van der Waals surface area contributed by atoms with Crippen LogP contribution in [0.25, 0.3) is 0 Å². The minimum atomic E-state index is -3.67. The molecule has 2 unspecified atom stereocenters. The smallest absolute Gasteiger partial charge is 0.269 e. The van der Waals surface area contributed by atoms with Crippen molar-refractivity contribution in [1.82, 2.24) is 4.72 Å². The lowest BCUT2D eigenvalue weighted by Gasteiger charge is -2.25. The van der Waals surface area contributed by atoms with E-state index in [-0.39, 0.29) is 29.1 Å². The average Bonchev–Trinajstić information content (AvgIpc) is 2.45. The number of rotatable bonds is 5. The van der Waals surface area contributed by atoms with Gasteiger partial charge in [-0.05, 0) is 37.3 Å². The number of benzene rings is 1. The van der Waals surface area contributed by atoms with Gasteiger partial charge in [0.05, 0.1) is 15.9 Å². The van der Waals surface area contributed by atoms with Gasteiger partial charge in [-0.2, -0.15) is 0 Å². The molecule has 1 saturated carbocycles. The van der Waals surface area contributed by atoms with E-state index in [2.05, 4.69) is 4.72 Å². The van der Waals surface area contributed by atoms with Crippen molar-refractivity contribution in [2.75, 3.05) is 6.54 Å². The van der Waals surface area contributed by atoms with E-state index >= 15 is 0 Å². The molecule has 8 heteroatoms. The van der Waals surface area contributed by atoms with Crippen LogP contribution in [0.1, 0.15) is 25.7 Å². The third kappa shape index (κ3) is 4.23. The maximum Gasteiger partial charge on any atom is 0.269 e. The van der Waals surface area contributed by atoms with E-state index in [1.54, 1.807) is 0 Å². The Morgan fingerprint density at radius 2 is 1.95 bits per heavy atom. The zero-order valence-corrected chi connectivity index (χ0v) is 12.3. The van der Waals surface area contributed by atoms with E-state index in [1.165, 1.54) is 24.3 Å². The second-order valence-electron chi connectivity index (χ2n) is 5.29. The molecule has 2 atom stereocenters. The van der Waals surface area contributed by atoms with Crippen LogP contribution in [0.5, 0.6) is 0 Å². The van der Waals surface area contributed by atoms with Crippen LogP contribution in [0.15, 0.2) is 29.2 Å². The van der Waals surface area contributed by atoms with Gasteiger partial charge in [-0.3, -0.25) is 10.1 Å². The molecule has 1 aliphatic rings. The quantitative estimate of drug-likeness (QED) is 0.631. The monoisotopic (exact) mass is 314 g/mol. The molecule has 0 bridgehead atoms. The van der Waals surface area contributed by atoms with Gasteiger partial charge in [-0.15, -0.1) is 0 Å². The molecule has 0 aliphatic heterocycles. The molecule has 0 radical (unpaired) electrons. The number of aliphatic hydroxyl groups excluding tert-OH is 1. The van der Waals surface area contributed by atoms with Crippen LogP contribution >= 0.6 is 0 Å². The first-order valence-electron chi connectivity index (χ1n) is 6.80. The number of nitrogens with one attached hydrogen (secondary N) is 1. The lowest BCUT2D eigenvalue weighted by molar-refractivity contribution is -0.384. The topological polar surface area (TPSA) is 110 Å². The van der Waals surface area contributed by atoms with E-state index < -0.39 is 14.9 Å². The van der Waals surface area contributed by atoms with Gasteiger partial charge in [0, 0.05) is 18.7 Å². The zero-order valence-electron chi connectivity index (χ0n) is 11.4. The molecule has 0 heterocycles. The van der Waals surface area contributed by atoms with Crippen molar-refractivity contribution < 1.29 is 18.4 Å². The fourth-order valence-electron chi connectivity index (χ4n) is 2.51. The van der Waals surface area contributed by atoms with E-state index in [9.17, 15) is 23.6 Å². The highest BCUT2D eigenvalue weighted by Gasteiger charge is 2.23. The SMILES string of the molecule is O=[N+]([O-])c1ccc(S(=O)(=O)NCC2CCCC(O)C2)cc1. The maximum atomic E-state index is 12.1. The summed E-state index contributed by atoms with van der Waals surface area (Å²) < 4.78 is 26.7. The second kappa shape index (κ2) is 6.50. The van der Waals surface area contributed by atoms with Gasteiger partial charge in [0.1, 0.15) is 0 Å². The number of nitro groups is 1. The Kier molecular flexibility index (Phi) is 4.92. The molecular formula is C13H18N2O5S. The standard InChI is InChI=1S/C13H18N2O5S/c16-12-3-1-2-10(8-12)9-14-21(19,20)13-6-4-11(5-7-13)15(17)18/h4-7,10,12,14,16H,1-3,8-9H2. The predicted molar refractivity (Wildman–Crippen MR) is 76.2 cm³/mol. The lowest BCUT2D eigenvalue weighted by atomic mass is 9.87. The molecule has 116 valence electrons. The van der Waals surface area contributed by atoms with Crippen LogP contribution in [0.2, 0.25) is 0 Å². The van der Waals surface area contributed by atoms with Crippen LogP contribution < -0.4 is 4.72 Å². The normalized spacial score (nSPS) is 22.9. The maximum absolute atomic E-state index is 12.1. The fraction of sp³-hybridized carbons (Fsp3) is 0.538. The number of sulfonamides is 1. The van der Waals surface area contributed by atoms with Crippen LogP contribution in [-0.2, 0) is 10.0 Å². The molecule has 1 aliphatic carbocycles. The highest BCUT2D eigenvalue weighted by atomic mass is 32.2. The second-order valence-corrected chi connectivity index (χ2v) is 7.06. The summed E-state index contributed by atoms with van der Waals surface area (Å²) in [5, 5.41) is 20.1. The molecule has 1 aromatic carbocycles. The van der Waals surface area contributed by atoms with Gasteiger partial charge in [-0.1, -0.05) is 6.42 Å². The van der Waals surface area contributed by atoms with Crippen LogP contribution in [-0.4, -0.2) is 31.1 Å².